The molecule has 0 bridgehead atoms. The standard InChI is InChI=1S/C19H37N5O2/c1-15(2)18(23-7-9-25-10-8-23)12-22-19(20-3)21-11-17-13-24-6-4-5-16(24)14-26-17/h15-18H,4-14H2,1-3H3,(H2,20,21,22). The molecule has 3 saturated heterocycles. The number of aliphatic imine (C=N–C) groups is 1. The highest BCUT2D eigenvalue weighted by Gasteiger charge is 2.32. The van der Waals surface area contributed by atoms with Gasteiger partial charge in [0.15, 0.2) is 5.96 Å². The molecule has 26 heavy (non-hydrogen) atoms. The Labute approximate surface area is 158 Å². The van der Waals surface area contributed by atoms with E-state index < -0.39 is 0 Å². The highest BCUT2D eigenvalue weighted by atomic mass is 16.5. The van der Waals surface area contributed by atoms with Crippen molar-refractivity contribution in [1.29, 1.82) is 0 Å². The lowest BCUT2D eigenvalue weighted by molar-refractivity contribution is -0.0453. The van der Waals surface area contributed by atoms with E-state index in [4.69, 9.17) is 9.47 Å². The van der Waals surface area contributed by atoms with E-state index in [0.29, 0.717) is 18.0 Å². The van der Waals surface area contributed by atoms with Gasteiger partial charge in [-0.3, -0.25) is 14.8 Å². The fourth-order valence-corrected chi connectivity index (χ4v) is 4.34. The SMILES string of the molecule is CN=C(NCC1CN2CCCC2CO1)NCC(C(C)C)N1CCOCC1. The van der Waals surface area contributed by atoms with Gasteiger partial charge in [0, 0.05) is 51.9 Å². The maximum atomic E-state index is 6.04. The van der Waals surface area contributed by atoms with Crippen LogP contribution in [-0.4, -0.2) is 100 Å². The van der Waals surface area contributed by atoms with Crippen molar-refractivity contribution in [2.75, 3.05) is 66.1 Å². The number of ether oxygens (including phenoxy) is 2. The van der Waals surface area contributed by atoms with Crippen LogP contribution in [0.5, 0.6) is 0 Å². The van der Waals surface area contributed by atoms with E-state index in [2.05, 4.69) is 39.3 Å². The lowest BCUT2D eigenvalue weighted by Gasteiger charge is -2.37. The molecule has 0 amide bonds. The summed E-state index contributed by atoms with van der Waals surface area (Å²) in [5, 5.41) is 6.98. The van der Waals surface area contributed by atoms with Crippen molar-refractivity contribution in [3.8, 4) is 0 Å². The molecule has 7 heteroatoms. The topological polar surface area (TPSA) is 61.4 Å². The molecule has 7 nitrogen and oxygen atoms in total. The first kappa shape index (κ1) is 19.9. The lowest BCUT2D eigenvalue weighted by Crippen LogP contribution is -2.54. The third kappa shape index (κ3) is 5.31. The summed E-state index contributed by atoms with van der Waals surface area (Å²) in [6.45, 7) is 13.2. The predicted molar refractivity (Wildman–Crippen MR) is 105 cm³/mol. The van der Waals surface area contributed by atoms with Crippen molar-refractivity contribution in [1.82, 2.24) is 20.4 Å². The van der Waals surface area contributed by atoms with Crippen LogP contribution in [0.4, 0.5) is 0 Å². The number of fused-ring (bicyclic) bond motifs is 1. The molecule has 150 valence electrons. The molecule has 2 N–H and O–H groups in total. The summed E-state index contributed by atoms with van der Waals surface area (Å²) in [5.74, 6) is 1.46. The summed E-state index contributed by atoms with van der Waals surface area (Å²) in [5.41, 5.74) is 0. The van der Waals surface area contributed by atoms with Crippen molar-refractivity contribution in [3.63, 3.8) is 0 Å². The van der Waals surface area contributed by atoms with Crippen molar-refractivity contribution in [2.24, 2.45) is 10.9 Å². The van der Waals surface area contributed by atoms with Gasteiger partial charge in [-0.1, -0.05) is 13.8 Å². The van der Waals surface area contributed by atoms with Gasteiger partial charge in [0.2, 0.25) is 0 Å². The van der Waals surface area contributed by atoms with Crippen LogP contribution in [0.2, 0.25) is 0 Å². The number of nitrogens with one attached hydrogen (secondary N) is 2. The minimum Gasteiger partial charge on any atom is -0.379 e. The second-order valence-electron chi connectivity index (χ2n) is 8.04. The Morgan fingerprint density at radius 1 is 1.19 bits per heavy atom. The van der Waals surface area contributed by atoms with Gasteiger partial charge >= 0.3 is 0 Å². The maximum Gasteiger partial charge on any atom is 0.191 e. The first-order chi connectivity index (χ1) is 12.7. The van der Waals surface area contributed by atoms with E-state index in [-0.39, 0.29) is 6.10 Å². The highest BCUT2D eigenvalue weighted by molar-refractivity contribution is 5.79. The van der Waals surface area contributed by atoms with Gasteiger partial charge in [0.05, 0.1) is 25.9 Å². The third-order valence-electron chi connectivity index (χ3n) is 5.95. The maximum absolute atomic E-state index is 6.04. The van der Waals surface area contributed by atoms with Gasteiger partial charge in [-0.2, -0.15) is 0 Å². The zero-order valence-corrected chi connectivity index (χ0v) is 16.7. The fourth-order valence-electron chi connectivity index (χ4n) is 4.34. The Hall–Kier alpha value is -0.890. The second-order valence-corrected chi connectivity index (χ2v) is 8.04. The Balaban J connectivity index is 1.42. The molecular weight excluding hydrogens is 330 g/mol. The summed E-state index contributed by atoms with van der Waals surface area (Å²) < 4.78 is 11.5. The molecule has 0 radical (unpaired) electrons. The third-order valence-corrected chi connectivity index (χ3v) is 5.95. The molecule has 0 aliphatic carbocycles. The van der Waals surface area contributed by atoms with E-state index in [1.54, 1.807) is 0 Å². The molecule has 3 heterocycles. The first-order valence-corrected chi connectivity index (χ1v) is 10.3. The van der Waals surface area contributed by atoms with Crippen molar-refractivity contribution in [3.05, 3.63) is 0 Å². The zero-order chi connectivity index (χ0) is 18.4. The monoisotopic (exact) mass is 367 g/mol. The summed E-state index contributed by atoms with van der Waals surface area (Å²) in [7, 11) is 1.84. The van der Waals surface area contributed by atoms with Crippen LogP contribution in [0.25, 0.3) is 0 Å². The predicted octanol–water partition coefficient (Wildman–Crippen LogP) is 0.371. The molecule has 3 aliphatic rings. The van der Waals surface area contributed by atoms with Gasteiger partial charge in [0.25, 0.3) is 0 Å². The summed E-state index contributed by atoms with van der Waals surface area (Å²) in [6, 6.07) is 1.15. The number of hydrogen-bond acceptors (Lipinski definition) is 5. The molecule has 3 fully saturated rings. The molecule has 0 spiro atoms. The van der Waals surface area contributed by atoms with Crippen LogP contribution >= 0.6 is 0 Å². The Morgan fingerprint density at radius 3 is 2.73 bits per heavy atom. The highest BCUT2D eigenvalue weighted by Crippen LogP contribution is 2.22. The molecule has 0 aromatic rings. The van der Waals surface area contributed by atoms with Crippen LogP contribution in [0, 0.1) is 5.92 Å². The van der Waals surface area contributed by atoms with E-state index >= 15 is 0 Å². The van der Waals surface area contributed by atoms with Crippen molar-refractivity contribution in [2.45, 2.75) is 44.9 Å². The van der Waals surface area contributed by atoms with Crippen LogP contribution in [0.1, 0.15) is 26.7 Å². The number of rotatable bonds is 6. The van der Waals surface area contributed by atoms with E-state index in [9.17, 15) is 0 Å². The number of nitrogens with zero attached hydrogens (tertiary/aromatic N) is 3. The van der Waals surface area contributed by atoms with E-state index in [0.717, 1.165) is 58.5 Å². The van der Waals surface area contributed by atoms with Crippen LogP contribution < -0.4 is 10.6 Å². The molecular formula is C19H37N5O2. The normalized spacial score (nSPS) is 29.6. The van der Waals surface area contributed by atoms with E-state index in [1.165, 1.54) is 19.4 Å². The number of guanidine groups is 1. The van der Waals surface area contributed by atoms with Crippen molar-refractivity contribution >= 4 is 5.96 Å². The molecule has 0 aromatic carbocycles. The minimum atomic E-state index is 0.253. The Bertz CT molecular complexity index is 453. The van der Waals surface area contributed by atoms with Crippen LogP contribution in [0.3, 0.4) is 0 Å². The summed E-state index contributed by atoms with van der Waals surface area (Å²) in [4.78, 5) is 9.51. The Morgan fingerprint density at radius 2 is 2.00 bits per heavy atom. The average molecular weight is 368 g/mol. The second kappa shape index (κ2) is 9.88. The van der Waals surface area contributed by atoms with Gasteiger partial charge < -0.3 is 20.1 Å². The minimum absolute atomic E-state index is 0.253. The molecule has 3 atom stereocenters. The molecule has 3 rings (SSSR count). The number of hydrogen-bond donors (Lipinski definition) is 2. The molecule has 0 saturated carbocycles. The van der Waals surface area contributed by atoms with Gasteiger partial charge in [0.1, 0.15) is 0 Å². The quantitative estimate of drug-likeness (QED) is 0.523. The van der Waals surface area contributed by atoms with Crippen molar-refractivity contribution < 1.29 is 9.47 Å². The average Bonchev–Trinajstić information content (AvgIpc) is 3.13. The Kier molecular flexibility index (Phi) is 7.54. The largest absolute Gasteiger partial charge is 0.379 e. The molecule has 3 aliphatic heterocycles. The lowest BCUT2D eigenvalue weighted by atomic mass is 10.0. The first-order valence-electron chi connectivity index (χ1n) is 10.3. The zero-order valence-electron chi connectivity index (χ0n) is 16.7. The van der Waals surface area contributed by atoms with Gasteiger partial charge in [-0.05, 0) is 25.3 Å². The van der Waals surface area contributed by atoms with Crippen LogP contribution in [-0.2, 0) is 9.47 Å². The van der Waals surface area contributed by atoms with Gasteiger partial charge in [-0.25, -0.2) is 0 Å². The van der Waals surface area contributed by atoms with Gasteiger partial charge in [-0.15, -0.1) is 0 Å². The van der Waals surface area contributed by atoms with E-state index in [1.807, 2.05) is 7.05 Å². The molecule has 3 unspecified atom stereocenters. The molecule has 0 aromatic heterocycles. The summed E-state index contributed by atoms with van der Waals surface area (Å²) in [6.07, 6.45) is 2.86. The smallest absolute Gasteiger partial charge is 0.191 e. The van der Waals surface area contributed by atoms with Crippen LogP contribution in [0.15, 0.2) is 4.99 Å². The fraction of sp³-hybridized carbons (Fsp3) is 0.947. The number of morpholine rings is 2. The summed E-state index contributed by atoms with van der Waals surface area (Å²) >= 11 is 0.